The Balaban J connectivity index is 0.00000323. The Morgan fingerprint density at radius 1 is 1.00 bits per heavy atom. The highest BCUT2D eigenvalue weighted by Gasteiger charge is 2.51. The van der Waals surface area contributed by atoms with E-state index >= 15 is 0 Å². The molecular formula is C30H42N6O3. The van der Waals surface area contributed by atoms with Gasteiger partial charge in [0.15, 0.2) is 0 Å². The van der Waals surface area contributed by atoms with Crippen LogP contribution in [0.5, 0.6) is 11.5 Å². The molecule has 0 amide bonds. The summed E-state index contributed by atoms with van der Waals surface area (Å²) in [6.45, 7) is 12.5. The van der Waals surface area contributed by atoms with Crippen LogP contribution in [0.15, 0.2) is 48.8 Å². The molecule has 2 unspecified atom stereocenters. The molecule has 0 saturated carbocycles. The molecule has 3 aromatic rings. The lowest BCUT2D eigenvalue weighted by molar-refractivity contribution is 0.0942. The molecule has 0 bridgehead atoms. The predicted molar refractivity (Wildman–Crippen MR) is 156 cm³/mol. The number of ether oxygens (including phenoxy) is 3. The molecule has 1 N–H and O–H groups in total. The van der Waals surface area contributed by atoms with Crippen LogP contribution < -0.4 is 19.7 Å². The van der Waals surface area contributed by atoms with Crippen molar-refractivity contribution in [3.8, 4) is 11.5 Å². The number of likely N-dealkylation sites (tertiary alicyclic amines) is 1. The minimum atomic E-state index is -0.430. The number of fused-ring (bicyclic) bond motifs is 1. The smallest absolute Gasteiger partial charge is 0.223 e. The Morgan fingerprint density at radius 3 is 2.46 bits per heavy atom. The van der Waals surface area contributed by atoms with E-state index in [1.165, 1.54) is 25.9 Å². The van der Waals surface area contributed by atoms with Crippen LogP contribution in [0, 0.1) is 0 Å². The molecule has 3 aliphatic heterocycles. The quantitative estimate of drug-likeness (QED) is 0.359. The molecule has 0 spiro atoms. The topological polar surface area (TPSA) is 78.5 Å². The van der Waals surface area contributed by atoms with Crippen LogP contribution in [0.3, 0.4) is 0 Å². The Bertz CT molecular complexity index is 1240. The van der Waals surface area contributed by atoms with Gasteiger partial charge in [0.2, 0.25) is 5.85 Å². The van der Waals surface area contributed by atoms with Crippen LogP contribution >= 0.6 is 0 Å². The number of benzene rings is 2. The fraction of sp³-hybridized carbons (Fsp3) is 0.533. The predicted octanol–water partition coefficient (Wildman–Crippen LogP) is 4.45. The number of aromatic nitrogens is 2. The molecule has 2 aromatic carbocycles. The number of hydrogen-bond donors (Lipinski definition) is 1. The van der Waals surface area contributed by atoms with Gasteiger partial charge in [-0.05, 0) is 75.7 Å². The lowest BCUT2D eigenvalue weighted by Gasteiger charge is -2.39. The van der Waals surface area contributed by atoms with Crippen LogP contribution in [0.25, 0.3) is 10.9 Å². The summed E-state index contributed by atoms with van der Waals surface area (Å²) in [5.41, 5.74) is 1.96. The van der Waals surface area contributed by atoms with E-state index in [4.69, 9.17) is 14.2 Å². The minimum Gasteiger partial charge on any atom is -0.492 e. The molecule has 4 heterocycles. The molecule has 1 aromatic heterocycles. The summed E-state index contributed by atoms with van der Waals surface area (Å²) in [6, 6.07) is 14.4. The van der Waals surface area contributed by atoms with Gasteiger partial charge in [-0.3, -0.25) is 9.80 Å². The number of hydrogen-bond acceptors (Lipinski definition) is 9. The second-order valence-corrected chi connectivity index (χ2v) is 10.8. The summed E-state index contributed by atoms with van der Waals surface area (Å²) in [6.07, 6.45) is 5.47. The lowest BCUT2D eigenvalue weighted by Crippen LogP contribution is -2.55. The fourth-order valence-electron chi connectivity index (χ4n) is 5.50. The van der Waals surface area contributed by atoms with Gasteiger partial charge in [-0.25, -0.2) is 9.97 Å². The van der Waals surface area contributed by atoms with Crippen LogP contribution in [-0.4, -0.2) is 90.7 Å². The number of nitrogens with zero attached hydrogens (tertiary/aromatic N) is 5. The normalized spacial score (nSPS) is 22.7. The summed E-state index contributed by atoms with van der Waals surface area (Å²) < 4.78 is 17.9. The van der Waals surface area contributed by atoms with Gasteiger partial charge in [0.25, 0.3) is 0 Å². The van der Waals surface area contributed by atoms with E-state index in [-0.39, 0.29) is 7.53 Å². The van der Waals surface area contributed by atoms with Gasteiger partial charge in [0, 0.05) is 51.3 Å². The summed E-state index contributed by atoms with van der Waals surface area (Å²) in [5.74, 6) is 2.32. The second kappa shape index (κ2) is 11.5. The molecule has 39 heavy (non-hydrogen) atoms. The number of piperazine rings is 1. The van der Waals surface area contributed by atoms with Gasteiger partial charge in [-0.2, -0.15) is 0 Å². The van der Waals surface area contributed by atoms with Gasteiger partial charge < -0.3 is 24.4 Å². The van der Waals surface area contributed by atoms with Crippen molar-refractivity contribution in [3.05, 3.63) is 48.8 Å². The Hall–Kier alpha value is -3.14. The van der Waals surface area contributed by atoms with Crippen LogP contribution in [0.2, 0.25) is 0 Å². The minimum absolute atomic E-state index is 0. The van der Waals surface area contributed by atoms with E-state index < -0.39 is 5.85 Å². The molecule has 9 heteroatoms. The highest BCUT2D eigenvalue weighted by atomic mass is 16.6. The number of epoxide rings is 1. The molecule has 3 aliphatic rings. The SMILES string of the molecule is CCC(C)Oc1ccc(NC2(N3CCN(c4ncnc5cc(OCCN6CCCC6)ccc45)CC3)CO2)cc1.[HH]. The van der Waals surface area contributed by atoms with Gasteiger partial charge in [-0.1, -0.05) is 6.92 Å². The number of nitrogens with one attached hydrogen (secondary N) is 1. The van der Waals surface area contributed by atoms with E-state index in [0.717, 1.165) is 73.1 Å². The third-order valence-corrected chi connectivity index (χ3v) is 8.08. The molecule has 2 atom stereocenters. The summed E-state index contributed by atoms with van der Waals surface area (Å²) in [5, 5.41) is 4.67. The van der Waals surface area contributed by atoms with Gasteiger partial charge in [0.1, 0.15) is 36.9 Å². The fourth-order valence-corrected chi connectivity index (χ4v) is 5.50. The second-order valence-electron chi connectivity index (χ2n) is 10.8. The third-order valence-electron chi connectivity index (χ3n) is 8.08. The van der Waals surface area contributed by atoms with Crippen molar-refractivity contribution >= 4 is 22.4 Å². The first-order chi connectivity index (χ1) is 19.1. The standard InChI is InChI=1S/C30H40N6O3.H2/c1-3-23(2)39-25-8-6-24(7-9-25)33-30(21-38-30)36-16-14-35(15-17-36)29-27-11-10-26(20-28(27)31-22-32-29)37-19-18-34-12-4-5-13-34;/h6-11,20,22-23,33H,3-5,12-19,21H2,1-2H3;1H. The van der Waals surface area contributed by atoms with E-state index in [2.05, 4.69) is 62.0 Å². The van der Waals surface area contributed by atoms with E-state index in [1.54, 1.807) is 6.33 Å². The van der Waals surface area contributed by atoms with Crippen molar-refractivity contribution in [2.24, 2.45) is 0 Å². The first kappa shape index (κ1) is 26.1. The van der Waals surface area contributed by atoms with Crippen LogP contribution in [-0.2, 0) is 4.74 Å². The monoisotopic (exact) mass is 534 g/mol. The molecule has 0 radical (unpaired) electrons. The molecule has 6 rings (SSSR count). The van der Waals surface area contributed by atoms with Gasteiger partial charge in [-0.15, -0.1) is 0 Å². The van der Waals surface area contributed by atoms with Crippen molar-refractivity contribution in [3.63, 3.8) is 0 Å². The summed E-state index contributed by atoms with van der Waals surface area (Å²) >= 11 is 0. The van der Waals surface area contributed by atoms with E-state index in [1.807, 2.05) is 24.3 Å². The van der Waals surface area contributed by atoms with E-state index in [9.17, 15) is 0 Å². The summed E-state index contributed by atoms with van der Waals surface area (Å²) in [4.78, 5) is 16.4. The maximum absolute atomic E-state index is 6.05. The first-order valence-corrected chi connectivity index (χ1v) is 14.4. The Labute approximate surface area is 232 Å². The van der Waals surface area contributed by atoms with E-state index in [0.29, 0.717) is 13.2 Å². The maximum atomic E-state index is 6.05. The first-order valence-electron chi connectivity index (χ1n) is 14.4. The summed E-state index contributed by atoms with van der Waals surface area (Å²) in [7, 11) is 0. The molecule has 0 aliphatic carbocycles. The molecule has 3 fully saturated rings. The van der Waals surface area contributed by atoms with Crippen molar-refractivity contribution in [1.29, 1.82) is 0 Å². The zero-order chi connectivity index (χ0) is 26.7. The maximum Gasteiger partial charge on any atom is 0.223 e. The molecule has 3 saturated heterocycles. The zero-order valence-electron chi connectivity index (χ0n) is 23.1. The van der Waals surface area contributed by atoms with Crippen molar-refractivity contribution in [2.75, 3.05) is 69.2 Å². The Morgan fingerprint density at radius 2 is 1.74 bits per heavy atom. The highest BCUT2D eigenvalue weighted by Crippen LogP contribution is 2.35. The lowest BCUT2D eigenvalue weighted by atomic mass is 10.2. The number of rotatable bonds is 11. The highest BCUT2D eigenvalue weighted by molar-refractivity contribution is 5.90. The molecular weight excluding hydrogens is 492 g/mol. The molecule has 9 nitrogen and oxygen atoms in total. The van der Waals surface area contributed by atoms with Crippen LogP contribution in [0.1, 0.15) is 34.5 Å². The third kappa shape index (κ3) is 6.05. The average Bonchev–Trinajstić information content (AvgIpc) is 3.56. The van der Waals surface area contributed by atoms with Crippen LogP contribution in [0.4, 0.5) is 11.5 Å². The van der Waals surface area contributed by atoms with Crippen molar-refractivity contribution in [2.45, 2.75) is 45.1 Å². The largest absolute Gasteiger partial charge is 0.492 e. The zero-order valence-corrected chi connectivity index (χ0v) is 23.1. The Kier molecular flexibility index (Phi) is 7.72. The average molecular weight is 535 g/mol. The van der Waals surface area contributed by atoms with Crippen molar-refractivity contribution < 1.29 is 15.6 Å². The number of anilines is 2. The van der Waals surface area contributed by atoms with Gasteiger partial charge >= 0.3 is 0 Å². The molecule has 210 valence electrons. The van der Waals surface area contributed by atoms with Gasteiger partial charge in [0.05, 0.1) is 11.6 Å². The van der Waals surface area contributed by atoms with Crippen molar-refractivity contribution in [1.82, 2.24) is 19.8 Å².